The lowest BCUT2D eigenvalue weighted by molar-refractivity contribution is 0.181. The molecule has 0 amide bonds. The van der Waals surface area contributed by atoms with Crippen molar-refractivity contribution in [3.05, 3.63) is 105 Å². The fraction of sp³-hybridized carbons (Fsp3) is 0.273. The maximum Gasteiger partial charge on any atom is 0.136 e. The third kappa shape index (κ3) is 5.79. The van der Waals surface area contributed by atoms with Crippen LogP contribution in [0.5, 0.6) is 23.0 Å². The van der Waals surface area contributed by atoms with Crippen molar-refractivity contribution in [2.24, 2.45) is 0 Å². The van der Waals surface area contributed by atoms with E-state index in [9.17, 15) is 0 Å². The highest BCUT2D eigenvalue weighted by atomic mass is 16.5. The van der Waals surface area contributed by atoms with Crippen LogP contribution in [0.25, 0.3) is 0 Å². The van der Waals surface area contributed by atoms with Gasteiger partial charge in [-0.1, -0.05) is 19.1 Å². The Kier molecular flexibility index (Phi) is 8.28. The van der Waals surface area contributed by atoms with Crippen LogP contribution in [0.2, 0.25) is 0 Å². The summed E-state index contributed by atoms with van der Waals surface area (Å²) in [4.78, 5) is 0. The van der Waals surface area contributed by atoms with Crippen molar-refractivity contribution in [3.8, 4) is 23.0 Å². The smallest absolute Gasteiger partial charge is 0.136 e. The van der Waals surface area contributed by atoms with E-state index in [2.05, 4.69) is 46.8 Å². The van der Waals surface area contributed by atoms with Gasteiger partial charge in [0, 0.05) is 24.0 Å². The molecule has 0 fully saturated rings. The summed E-state index contributed by atoms with van der Waals surface area (Å²) >= 11 is 0. The number of hydrogen-bond donors (Lipinski definition) is 2. The van der Waals surface area contributed by atoms with E-state index in [1.54, 1.807) is 7.11 Å². The highest BCUT2D eigenvalue weighted by Crippen LogP contribution is 2.38. The number of aryl methyl sites for hydroxylation is 2. The largest absolute Gasteiger partial charge is 0.457 e. The molecule has 38 heavy (non-hydrogen) atoms. The van der Waals surface area contributed by atoms with Crippen molar-refractivity contribution in [1.29, 1.82) is 0 Å². The van der Waals surface area contributed by atoms with Crippen molar-refractivity contribution in [3.63, 3.8) is 0 Å². The van der Waals surface area contributed by atoms with E-state index >= 15 is 0 Å². The van der Waals surface area contributed by atoms with Crippen LogP contribution < -0.4 is 20.9 Å². The molecule has 0 radical (unpaired) electrons. The second-order valence-corrected chi connectivity index (χ2v) is 9.88. The fourth-order valence-electron chi connectivity index (χ4n) is 4.98. The Hall–Kier alpha value is -3.96. The zero-order valence-electron chi connectivity index (χ0n) is 23.3. The van der Waals surface area contributed by atoms with Crippen molar-refractivity contribution in [2.45, 2.75) is 54.1 Å². The third-order valence-corrected chi connectivity index (χ3v) is 7.14. The lowest BCUT2D eigenvalue weighted by atomic mass is 9.89. The molecule has 0 unspecified atom stereocenters. The summed E-state index contributed by atoms with van der Waals surface area (Å²) in [5.74, 6) is 3.31. The van der Waals surface area contributed by atoms with Gasteiger partial charge in [-0.25, -0.2) is 0 Å². The molecule has 5 heteroatoms. The van der Waals surface area contributed by atoms with Crippen LogP contribution in [0.1, 0.15) is 51.4 Å². The van der Waals surface area contributed by atoms with Gasteiger partial charge >= 0.3 is 0 Å². The highest BCUT2D eigenvalue weighted by Gasteiger charge is 2.19. The highest BCUT2D eigenvalue weighted by molar-refractivity contribution is 5.56. The molecule has 4 aromatic carbocycles. The van der Waals surface area contributed by atoms with E-state index in [1.165, 1.54) is 27.8 Å². The van der Waals surface area contributed by atoms with Gasteiger partial charge in [-0.15, -0.1) is 0 Å². The van der Waals surface area contributed by atoms with Crippen molar-refractivity contribution in [2.75, 3.05) is 18.6 Å². The van der Waals surface area contributed by atoms with Gasteiger partial charge in [0.25, 0.3) is 0 Å². The minimum atomic E-state index is 0.470. The number of rotatable bonds is 9. The van der Waals surface area contributed by atoms with Gasteiger partial charge in [-0.3, -0.25) is 0 Å². The Morgan fingerprint density at radius 3 is 1.47 bits per heavy atom. The second-order valence-electron chi connectivity index (χ2n) is 9.88. The number of nitrogens with two attached hydrogens (primary N) is 2. The molecule has 4 rings (SSSR count). The van der Waals surface area contributed by atoms with Gasteiger partial charge in [-0.2, -0.15) is 0 Å². The molecule has 0 saturated carbocycles. The molecule has 0 saturated heterocycles. The standard InChI is InChI=1S/C33H38N2O3/c1-7-30-22(4)24(16-20(2)32(30)37-28-12-8-26(34)9-13-28)18-25-17-21(3)33(31(19-36-6)23(25)5)38-29-14-10-27(35)11-15-29/h8-17H,7,18-19,34-35H2,1-6H3. The van der Waals surface area contributed by atoms with E-state index < -0.39 is 0 Å². The lowest BCUT2D eigenvalue weighted by Crippen LogP contribution is -2.06. The first-order valence-corrected chi connectivity index (χ1v) is 13.0. The van der Waals surface area contributed by atoms with Gasteiger partial charge in [0.2, 0.25) is 0 Å². The molecule has 0 spiro atoms. The fourth-order valence-corrected chi connectivity index (χ4v) is 4.98. The third-order valence-electron chi connectivity index (χ3n) is 7.14. The normalized spacial score (nSPS) is 11.0. The number of ether oxygens (including phenoxy) is 3. The molecule has 0 atom stereocenters. The number of hydrogen-bond acceptors (Lipinski definition) is 5. The summed E-state index contributed by atoms with van der Waals surface area (Å²) < 4.78 is 18.3. The molecule has 4 aromatic rings. The average Bonchev–Trinajstić information content (AvgIpc) is 2.89. The lowest BCUT2D eigenvalue weighted by Gasteiger charge is -2.22. The summed E-state index contributed by atoms with van der Waals surface area (Å²) in [7, 11) is 1.72. The summed E-state index contributed by atoms with van der Waals surface area (Å²) in [6, 6.07) is 19.5. The Morgan fingerprint density at radius 2 is 1.05 bits per heavy atom. The monoisotopic (exact) mass is 510 g/mol. The van der Waals surface area contributed by atoms with Crippen LogP contribution in [0.3, 0.4) is 0 Å². The van der Waals surface area contributed by atoms with E-state index in [4.69, 9.17) is 25.7 Å². The first kappa shape index (κ1) is 27.1. The van der Waals surface area contributed by atoms with Crippen LogP contribution in [-0.4, -0.2) is 7.11 Å². The molecule has 4 N–H and O–H groups in total. The van der Waals surface area contributed by atoms with Crippen LogP contribution in [0.4, 0.5) is 11.4 Å². The van der Waals surface area contributed by atoms with Crippen LogP contribution >= 0.6 is 0 Å². The topological polar surface area (TPSA) is 79.7 Å². The maximum atomic E-state index is 6.35. The molecule has 0 aliphatic heterocycles. The van der Waals surface area contributed by atoms with Gasteiger partial charge in [0.1, 0.15) is 23.0 Å². The van der Waals surface area contributed by atoms with Gasteiger partial charge in [0.15, 0.2) is 0 Å². The molecular weight excluding hydrogens is 472 g/mol. The number of anilines is 2. The van der Waals surface area contributed by atoms with Gasteiger partial charge in [0.05, 0.1) is 6.61 Å². The van der Waals surface area contributed by atoms with Crippen molar-refractivity contribution < 1.29 is 14.2 Å². The van der Waals surface area contributed by atoms with Crippen molar-refractivity contribution in [1.82, 2.24) is 0 Å². The van der Waals surface area contributed by atoms with Crippen LogP contribution in [-0.2, 0) is 24.2 Å². The Bertz CT molecular complexity index is 1430. The zero-order valence-corrected chi connectivity index (χ0v) is 23.3. The first-order valence-electron chi connectivity index (χ1n) is 13.0. The number of nitrogen functional groups attached to an aromatic ring is 2. The van der Waals surface area contributed by atoms with E-state index in [0.717, 1.165) is 58.2 Å². The summed E-state index contributed by atoms with van der Waals surface area (Å²) in [6.45, 7) is 11.2. The van der Waals surface area contributed by atoms with E-state index in [1.807, 2.05) is 48.5 Å². The number of methoxy groups -OCH3 is 1. The Labute approximate surface area is 226 Å². The Morgan fingerprint density at radius 1 is 0.632 bits per heavy atom. The maximum absolute atomic E-state index is 6.35. The SMILES string of the molecule is CCc1c(C)c(Cc2cc(C)c(Oc3ccc(N)cc3)c(COC)c2C)cc(C)c1Oc1ccc(N)cc1. The summed E-state index contributed by atoms with van der Waals surface area (Å²) in [5, 5.41) is 0. The summed E-state index contributed by atoms with van der Waals surface area (Å²) in [5.41, 5.74) is 22.6. The van der Waals surface area contributed by atoms with Crippen LogP contribution in [0, 0.1) is 27.7 Å². The first-order chi connectivity index (χ1) is 18.2. The van der Waals surface area contributed by atoms with Gasteiger partial charge < -0.3 is 25.7 Å². The van der Waals surface area contributed by atoms with E-state index in [-0.39, 0.29) is 0 Å². The molecule has 5 nitrogen and oxygen atoms in total. The quantitative estimate of drug-likeness (QED) is 0.223. The number of benzene rings is 4. The minimum Gasteiger partial charge on any atom is -0.457 e. The Balaban J connectivity index is 1.70. The zero-order chi connectivity index (χ0) is 27.4. The van der Waals surface area contributed by atoms with Gasteiger partial charge in [-0.05, 0) is 128 Å². The molecule has 0 aliphatic rings. The summed E-state index contributed by atoms with van der Waals surface area (Å²) in [6.07, 6.45) is 1.69. The average molecular weight is 511 g/mol. The minimum absolute atomic E-state index is 0.470. The molecule has 0 bridgehead atoms. The predicted octanol–water partition coefficient (Wildman–Crippen LogP) is 7.97. The van der Waals surface area contributed by atoms with Crippen molar-refractivity contribution >= 4 is 11.4 Å². The second kappa shape index (κ2) is 11.6. The molecule has 0 aromatic heterocycles. The molecule has 0 aliphatic carbocycles. The molecule has 198 valence electrons. The van der Waals surface area contributed by atoms with E-state index in [0.29, 0.717) is 12.3 Å². The molecular formula is C33H38N2O3. The molecule has 0 heterocycles. The predicted molar refractivity (Wildman–Crippen MR) is 157 cm³/mol. The van der Waals surface area contributed by atoms with Crippen LogP contribution in [0.15, 0.2) is 60.7 Å².